The van der Waals surface area contributed by atoms with Gasteiger partial charge in [-0.25, -0.2) is 0 Å². The van der Waals surface area contributed by atoms with Gasteiger partial charge in [-0.15, -0.1) is 0 Å². The van der Waals surface area contributed by atoms with Crippen LogP contribution in [0.4, 0.5) is 0 Å². The molecule has 3 N–H and O–H groups in total. The summed E-state index contributed by atoms with van der Waals surface area (Å²) in [7, 11) is 0. The van der Waals surface area contributed by atoms with Crippen molar-refractivity contribution in [3.8, 4) is 5.75 Å². The molecule has 3 nitrogen and oxygen atoms in total. The van der Waals surface area contributed by atoms with E-state index in [9.17, 15) is 5.11 Å². The van der Waals surface area contributed by atoms with E-state index in [0.29, 0.717) is 28.4 Å². The van der Waals surface area contributed by atoms with E-state index in [0.717, 1.165) is 0 Å². The molecule has 0 aliphatic carbocycles. The van der Waals surface area contributed by atoms with E-state index >= 15 is 0 Å². The Kier molecular flexibility index (Phi) is 6.06. The number of hydrogen-bond donors (Lipinski definition) is 2. The normalized spacial score (nSPS) is 12.8. The third-order valence-corrected chi connectivity index (χ3v) is 2.74. The van der Waals surface area contributed by atoms with Gasteiger partial charge in [0, 0.05) is 5.02 Å². The number of rotatable bonds is 6. The molecule has 17 heavy (non-hydrogen) atoms. The van der Waals surface area contributed by atoms with Gasteiger partial charge in [0.05, 0.1) is 11.1 Å². The molecule has 5 heteroatoms. The van der Waals surface area contributed by atoms with Gasteiger partial charge in [-0.2, -0.15) is 0 Å². The summed E-state index contributed by atoms with van der Waals surface area (Å²) in [4.78, 5) is 0. The van der Waals surface area contributed by atoms with Gasteiger partial charge in [-0.1, -0.05) is 23.2 Å². The molecule has 0 saturated heterocycles. The van der Waals surface area contributed by atoms with Crippen LogP contribution in [0.1, 0.15) is 13.8 Å². The van der Waals surface area contributed by atoms with Crippen LogP contribution < -0.4 is 10.1 Å². The molecule has 0 amide bonds. The number of halogens is 2. The zero-order valence-electron chi connectivity index (χ0n) is 9.99. The zero-order chi connectivity index (χ0) is 12.8. The number of aliphatic hydroxyl groups is 1. The summed E-state index contributed by atoms with van der Waals surface area (Å²) in [6.07, 6.45) is -0.510. The van der Waals surface area contributed by atoms with Crippen LogP contribution in [-0.4, -0.2) is 30.4 Å². The van der Waals surface area contributed by atoms with E-state index < -0.39 is 6.10 Å². The highest BCUT2D eigenvalue weighted by atomic mass is 35.5. The molecule has 0 radical (unpaired) electrons. The van der Waals surface area contributed by atoms with E-state index in [1.165, 1.54) is 0 Å². The highest BCUT2D eigenvalue weighted by Gasteiger charge is 2.10. The van der Waals surface area contributed by atoms with Crippen molar-refractivity contribution in [1.29, 1.82) is 0 Å². The van der Waals surface area contributed by atoms with Gasteiger partial charge in [0.1, 0.15) is 25.0 Å². The average molecular weight is 279 g/mol. The summed E-state index contributed by atoms with van der Waals surface area (Å²) in [6, 6.07) is 5.48. The molecule has 1 rings (SSSR count). The number of ether oxygens (including phenoxy) is 1. The molecule has 0 fully saturated rings. The van der Waals surface area contributed by atoms with Crippen LogP contribution in [-0.2, 0) is 0 Å². The van der Waals surface area contributed by atoms with Crippen molar-refractivity contribution in [1.82, 2.24) is 0 Å². The maximum atomic E-state index is 9.68. The fraction of sp³-hybridized carbons (Fsp3) is 0.500. The maximum Gasteiger partial charge on any atom is 0.138 e. The summed E-state index contributed by atoms with van der Waals surface area (Å²) in [5, 5.41) is 12.8. The molecule has 0 saturated carbocycles. The summed E-state index contributed by atoms with van der Waals surface area (Å²) < 4.78 is 5.43. The van der Waals surface area contributed by atoms with Gasteiger partial charge < -0.3 is 15.2 Å². The van der Waals surface area contributed by atoms with Crippen molar-refractivity contribution in [2.24, 2.45) is 0 Å². The molecule has 1 aromatic carbocycles. The van der Waals surface area contributed by atoms with Crippen LogP contribution in [0.25, 0.3) is 0 Å². The van der Waals surface area contributed by atoms with Gasteiger partial charge in [-0.3, -0.25) is 0 Å². The SMILES string of the molecule is CC(C)[NH2+]CC(O)COc1ccc(Cl)cc1Cl. The molecule has 0 aliphatic heterocycles. The Balaban J connectivity index is 2.39. The van der Waals surface area contributed by atoms with Crippen LogP contribution in [0.2, 0.25) is 10.0 Å². The van der Waals surface area contributed by atoms with Crippen LogP contribution in [0.15, 0.2) is 18.2 Å². The first-order valence-corrected chi connectivity index (χ1v) is 6.34. The molecular weight excluding hydrogens is 261 g/mol. The van der Waals surface area contributed by atoms with Crippen LogP contribution in [0, 0.1) is 0 Å². The zero-order valence-corrected chi connectivity index (χ0v) is 11.5. The lowest BCUT2D eigenvalue weighted by Gasteiger charge is -2.13. The van der Waals surface area contributed by atoms with Crippen molar-refractivity contribution in [3.63, 3.8) is 0 Å². The Morgan fingerprint density at radius 1 is 1.35 bits per heavy atom. The summed E-state index contributed by atoms with van der Waals surface area (Å²) in [5.41, 5.74) is 0. The standard InChI is InChI=1S/C12H17Cl2NO2/c1-8(2)15-6-10(16)7-17-12-4-3-9(13)5-11(12)14/h3-5,8,10,15-16H,6-7H2,1-2H3/p+1. The van der Waals surface area contributed by atoms with Crippen molar-refractivity contribution >= 4 is 23.2 Å². The molecule has 96 valence electrons. The minimum absolute atomic E-state index is 0.227. The Bertz CT molecular complexity index is 358. The second-order valence-corrected chi connectivity index (χ2v) is 5.10. The number of hydrogen-bond acceptors (Lipinski definition) is 2. The van der Waals surface area contributed by atoms with E-state index in [4.69, 9.17) is 27.9 Å². The van der Waals surface area contributed by atoms with Gasteiger partial charge in [-0.05, 0) is 32.0 Å². The Labute approximate surface area is 112 Å². The topological polar surface area (TPSA) is 46.1 Å². The number of nitrogens with two attached hydrogens (primary N) is 1. The fourth-order valence-corrected chi connectivity index (χ4v) is 1.74. The van der Waals surface area contributed by atoms with Gasteiger partial charge >= 0.3 is 0 Å². The third kappa shape index (κ3) is 5.59. The van der Waals surface area contributed by atoms with Crippen molar-refractivity contribution in [3.05, 3.63) is 28.2 Å². The molecule has 1 unspecified atom stereocenters. The number of aliphatic hydroxyl groups excluding tert-OH is 1. The smallest absolute Gasteiger partial charge is 0.138 e. The lowest BCUT2D eigenvalue weighted by Crippen LogP contribution is -2.90. The first kappa shape index (κ1) is 14.6. The fourth-order valence-electron chi connectivity index (χ4n) is 1.28. The minimum Gasteiger partial charge on any atom is -0.489 e. The van der Waals surface area contributed by atoms with E-state index in [-0.39, 0.29) is 6.61 Å². The van der Waals surface area contributed by atoms with Crippen LogP contribution >= 0.6 is 23.2 Å². The Morgan fingerprint density at radius 2 is 2.06 bits per heavy atom. The number of benzene rings is 1. The molecule has 0 spiro atoms. The predicted octanol–water partition coefficient (Wildman–Crippen LogP) is 1.70. The molecular formula is C12H18Cl2NO2+. The van der Waals surface area contributed by atoms with Gasteiger partial charge in [0.2, 0.25) is 0 Å². The van der Waals surface area contributed by atoms with E-state index in [2.05, 4.69) is 19.2 Å². The van der Waals surface area contributed by atoms with Crippen molar-refractivity contribution < 1.29 is 15.2 Å². The van der Waals surface area contributed by atoms with Crippen molar-refractivity contribution in [2.45, 2.75) is 26.0 Å². The average Bonchev–Trinajstić information content (AvgIpc) is 2.25. The second kappa shape index (κ2) is 7.07. The molecule has 1 aromatic rings. The molecule has 0 heterocycles. The quantitative estimate of drug-likeness (QED) is 0.832. The van der Waals surface area contributed by atoms with Crippen LogP contribution in [0.5, 0.6) is 5.75 Å². The summed E-state index contributed by atoms with van der Waals surface area (Å²) in [6.45, 7) is 4.99. The first-order chi connectivity index (χ1) is 7.99. The lowest BCUT2D eigenvalue weighted by atomic mass is 10.3. The number of quaternary nitrogens is 1. The first-order valence-electron chi connectivity index (χ1n) is 5.58. The highest BCUT2D eigenvalue weighted by Crippen LogP contribution is 2.27. The Hall–Kier alpha value is -0.480. The minimum atomic E-state index is -0.510. The summed E-state index contributed by atoms with van der Waals surface area (Å²) in [5.74, 6) is 0.541. The molecule has 0 aliphatic rings. The van der Waals surface area contributed by atoms with Crippen molar-refractivity contribution in [2.75, 3.05) is 13.2 Å². The molecule has 1 atom stereocenters. The largest absolute Gasteiger partial charge is 0.489 e. The third-order valence-electron chi connectivity index (χ3n) is 2.20. The monoisotopic (exact) mass is 278 g/mol. The maximum absolute atomic E-state index is 9.68. The van der Waals surface area contributed by atoms with Gasteiger partial charge in [0.15, 0.2) is 0 Å². The molecule has 0 aromatic heterocycles. The Morgan fingerprint density at radius 3 is 2.65 bits per heavy atom. The van der Waals surface area contributed by atoms with E-state index in [1.807, 2.05) is 0 Å². The second-order valence-electron chi connectivity index (χ2n) is 4.25. The van der Waals surface area contributed by atoms with Crippen LogP contribution in [0.3, 0.4) is 0 Å². The highest BCUT2D eigenvalue weighted by molar-refractivity contribution is 6.35. The predicted molar refractivity (Wildman–Crippen MR) is 69.9 cm³/mol. The molecule has 0 bridgehead atoms. The van der Waals surface area contributed by atoms with E-state index in [1.54, 1.807) is 18.2 Å². The lowest BCUT2D eigenvalue weighted by molar-refractivity contribution is -0.688. The summed E-state index contributed by atoms with van der Waals surface area (Å²) >= 11 is 11.7. The van der Waals surface area contributed by atoms with Gasteiger partial charge in [0.25, 0.3) is 0 Å².